The van der Waals surface area contributed by atoms with E-state index in [9.17, 15) is 9.18 Å². The van der Waals surface area contributed by atoms with Crippen LogP contribution in [0.15, 0.2) is 18.2 Å². The van der Waals surface area contributed by atoms with Gasteiger partial charge in [-0.1, -0.05) is 0 Å². The fraction of sp³-hybridized carbons (Fsp3) is 0.385. The summed E-state index contributed by atoms with van der Waals surface area (Å²) >= 11 is 0. The number of ether oxygens (including phenoxy) is 2. The van der Waals surface area contributed by atoms with E-state index in [-0.39, 0.29) is 17.7 Å². The number of carboxylic acid groups (broad SMARTS) is 1. The van der Waals surface area contributed by atoms with E-state index in [0.29, 0.717) is 24.2 Å². The van der Waals surface area contributed by atoms with Crippen LogP contribution in [0.5, 0.6) is 0 Å². The minimum atomic E-state index is -1.06. The van der Waals surface area contributed by atoms with Gasteiger partial charge in [0.15, 0.2) is 0 Å². The molecule has 0 bridgehead atoms. The Morgan fingerprint density at radius 3 is 3.05 bits per heavy atom. The second kappa shape index (κ2) is 4.84. The van der Waals surface area contributed by atoms with Crippen molar-refractivity contribution in [2.75, 3.05) is 20.3 Å². The molecule has 0 aliphatic carbocycles. The molecular formula is C13H13FN2O4. The summed E-state index contributed by atoms with van der Waals surface area (Å²) in [4.78, 5) is 14.9. The number of methoxy groups -OCH3 is 1. The van der Waals surface area contributed by atoms with Gasteiger partial charge in [0.1, 0.15) is 6.10 Å². The van der Waals surface area contributed by atoms with E-state index in [2.05, 4.69) is 4.98 Å². The van der Waals surface area contributed by atoms with E-state index >= 15 is 0 Å². The topological polar surface area (TPSA) is 73.6 Å². The highest BCUT2D eigenvalue weighted by molar-refractivity contribution is 5.92. The molecule has 1 aromatic heterocycles. The van der Waals surface area contributed by atoms with Gasteiger partial charge in [0.25, 0.3) is 6.08 Å². The van der Waals surface area contributed by atoms with E-state index in [0.717, 1.165) is 0 Å². The average molecular weight is 280 g/mol. The Morgan fingerprint density at radius 2 is 2.35 bits per heavy atom. The molecule has 106 valence electrons. The zero-order valence-corrected chi connectivity index (χ0v) is 10.7. The fourth-order valence-electron chi connectivity index (χ4n) is 2.50. The van der Waals surface area contributed by atoms with Crippen molar-refractivity contribution in [3.8, 4) is 0 Å². The minimum Gasteiger partial charge on any atom is -0.478 e. The average Bonchev–Trinajstić information content (AvgIpc) is 2.99. The van der Waals surface area contributed by atoms with Crippen molar-refractivity contribution in [2.45, 2.75) is 12.1 Å². The monoisotopic (exact) mass is 280 g/mol. The number of nitrogens with zero attached hydrogens (tertiary/aromatic N) is 2. The molecule has 0 unspecified atom stereocenters. The molecule has 2 atom stereocenters. The van der Waals surface area contributed by atoms with Crippen LogP contribution in [0.2, 0.25) is 0 Å². The lowest BCUT2D eigenvalue weighted by Gasteiger charge is -2.18. The lowest BCUT2D eigenvalue weighted by atomic mass is 10.1. The molecule has 2 heterocycles. The largest absolute Gasteiger partial charge is 0.478 e. The van der Waals surface area contributed by atoms with Crippen molar-refractivity contribution in [1.29, 1.82) is 0 Å². The maximum absolute atomic E-state index is 14.1. The van der Waals surface area contributed by atoms with Crippen LogP contribution in [-0.4, -0.2) is 47.1 Å². The molecule has 2 aromatic rings. The number of carboxylic acids is 1. The Bertz CT molecular complexity index is 670. The third-order valence-electron chi connectivity index (χ3n) is 3.53. The lowest BCUT2D eigenvalue weighted by molar-refractivity contribution is 0.0672. The highest BCUT2D eigenvalue weighted by Gasteiger charge is 2.33. The summed E-state index contributed by atoms with van der Waals surface area (Å²) in [6.45, 7) is 0.678. The number of hydrogen-bond acceptors (Lipinski definition) is 4. The van der Waals surface area contributed by atoms with E-state index in [1.165, 1.54) is 29.9 Å². The minimum absolute atomic E-state index is 0.0894. The van der Waals surface area contributed by atoms with Gasteiger partial charge in [-0.2, -0.15) is 4.39 Å². The number of hydrogen-bond donors (Lipinski definition) is 1. The SMILES string of the molecule is CO[C@H]1COC[C@H]1n1c(F)nc2ccc(C(=O)O)cc21. The number of imidazole rings is 1. The first-order valence-corrected chi connectivity index (χ1v) is 6.13. The molecule has 1 aliphatic rings. The number of carbonyl (C=O) groups is 1. The molecule has 1 fully saturated rings. The van der Waals surface area contributed by atoms with Gasteiger partial charge in [-0.05, 0) is 18.2 Å². The third kappa shape index (κ3) is 1.95. The summed E-state index contributed by atoms with van der Waals surface area (Å²) in [7, 11) is 1.53. The fourth-order valence-corrected chi connectivity index (χ4v) is 2.50. The van der Waals surface area contributed by atoms with Gasteiger partial charge in [0, 0.05) is 7.11 Å². The summed E-state index contributed by atoms with van der Waals surface area (Å²) in [6.07, 6.45) is -0.949. The van der Waals surface area contributed by atoms with Crippen LogP contribution in [0.4, 0.5) is 4.39 Å². The van der Waals surface area contributed by atoms with Crippen LogP contribution in [0.25, 0.3) is 11.0 Å². The molecule has 1 saturated heterocycles. The molecule has 6 nitrogen and oxygen atoms in total. The second-order valence-electron chi connectivity index (χ2n) is 4.64. The molecule has 0 spiro atoms. The molecule has 1 aromatic carbocycles. The maximum atomic E-state index is 14.1. The van der Waals surface area contributed by atoms with E-state index in [1.54, 1.807) is 0 Å². The van der Waals surface area contributed by atoms with Gasteiger partial charge in [-0.3, -0.25) is 4.57 Å². The molecule has 1 aliphatic heterocycles. The maximum Gasteiger partial charge on any atom is 0.335 e. The molecule has 0 amide bonds. The predicted octanol–water partition coefficient (Wildman–Crippen LogP) is 1.46. The zero-order chi connectivity index (χ0) is 14.3. The van der Waals surface area contributed by atoms with E-state index in [1.807, 2.05) is 0 Å². The highest BCUT2D eigenvalue weighted by Crippen LogP contribution is 2.28. The van der Waals surface area contributed by atoms with Crippen molar-refractivity contribution in [3.63, 3.8) is 0 Å². The molecule has 3 rings (SSSR count). The molecule has 0 radical (unpaired) electrons. The Labute approximate surface area is 113 Å². The molecule has 7 heteroatoms. The smallest absolute Gasteiger partial charge is 0.335 e. The van der Waals surface area contributed by atoms with Crippen LogP contribution in [-0.2, 0) is 9.47 Å². The van der Waals surface area contributed by atoms with Gasteiger partial charge in [-0.25, -0.2) is 9.78 Å². The molecule has 20 heavy (non-hydrogen) atoms. The van der Waals surface area contributed by atoms with Crippen molar-refractivity contribution < 1.29 is 23.8 Å². The zero-order valence-electron chi connectivity index (χ0n) is 10.7. The van der Waals surface area contributed by atoms with Crippen LogP contribution in [0.1, 0.15) is 16.4 Å². The van der Waals surface area contributed by atoms with Crippen LogP contribution < -0.4 is 0 Å². The summed E-state index contributed by atoms with van der Waals surface area (Å²) in [5.74, 6) is -1.06. The van der Waals surface area contributed by atoms with Gasteiger partial charge in [0.05, 0.1) is 35.9 Å². The van der Waals surface area contributed by atoms with E-state index < -0.39 is 12.0 Å². The van der Waals surface area contributed by atoms with Gasteiger partial charge < -0.3 is 14.6 Å². The van der Waals surface area contributed by atoms with E-state index in [4.69, 9.17) is 14.6 Å². The van der Waals surface area contributed by atoms with Crippen molar-refractivity contribution in [1.82, 2.24) is 9.55 Å². The number of rotatable bonds is 3. The second-order valence-corrected chi connectivity index (χ2v) is 4.64. The predicted molar refractivity (Wildman–Crippen MR) is 67.3 cm³/mol. The standard InChI is InChI=1S/C13H13FN2O4/c1-19-11-6-20-5-10(11)16-9-4-7(12(17)18)2-3-8(9)15-13(16)14/h2-4,10-11H,5-6H2,1H3,(H,17,18)/t10-,11+/m1/s1. The third-order valence-corrected chi connectivity index (χ3v) is 3.53. The summed E-state index contributed by atoms with van der Waals surface area (Å²) < 4.78 is 26.0. The van der Waals surface area contributed by atoms with Crippen molar-refractivity contribution in [2.24, 2.45) is 0 Å². The van der Waals surface area contributed by atoms with Gasteiger partial charge >= 0.3 is 5.97 Å². The number of fused-ring (bicyclic) bond motifs is 1. The number of aromatic nitrogens is 2. The Morgan fingerprint density at radius 1 is 1.55 bits per heavy atom. The van der Waals surface area contributed by atoms with Gasteiger partial charge in [-0.15, -0.1) is 0 Å². The Balaban J connectivity index is 2.15. The number of aromatic carboxylic acids is 1. The quantitative estimate of drug-likeness (QED) is 0.921. The van der Waals surface area contributed by atoms with Crippen molar-refractivity contribution >= 4 is 17.0 Å². The first-order chi connectivity index (χ1) is 9.61. The summed E-state index contributed by atoms with van der Waals surface area (Å²) in [5.41, 5.74) is 0.931. The molecule has 0 saturated carbocycles. The van der Waals surface area contributed by atoms with Crippen LogP contribution in [0.3, 0.4) is 0 Å². The Kier molecular flexibility index (Phi) is 3.15. The highest BCUT2D eigenvalue weighted by atomic mass is 19.1. The summed E-state index contributed by atoms with van der Waals surface area (Å²) in [5, 5.41) is 9.03. The normalized spacial score (nSPS) is 22.5. The number of benzene rings is 1. The number of halogens is 1. The van der Waals surface area contributed by atoms with Crippen LogP contribution in [0, 0.1) is 6.08 Å². The summed E-state index contributed by atoms with van der Waals surface area (Å²) in [6, 6.07) is 3.96. The first kappa shape index (κ1) is 13.0. The molecular weight excluding hydrogens is 267 g/mol. The Hall–Kier alpha value is -1.99. The molecule has 1 N–H and O–H groups in total. The van der Waals surface area contributed by atoms with Gasteiger partial charge in [0.2, 0.25) is 0 Å². The first-order valence-electron chi connectivity index (χ1n) is 6.13. The lowest BCUT2D eigenvalue weighted by Crippen LogP contribution is -2.25. The van der Waals surface area contributed by atoms with Crippen LogP contribution >= 0.6 is 0 Å². The van der Waals surface area contributed by atoms with Crippen molar-refractivity contribution in [3.05, 3.63) is 29.8 Å².